The van der Waals surface area contributed by atoms with Gasteiger partial charge in [0.2, 0.25) is 10.0 Å². The molecule has 2 aromatic carbocycles. The lowest BCUT2D eigenvalue weighted by Gasteiger charge is -2.18. The molecule has 0 fully saturated rings. The quantitative estimate of drug-likeness (QED) is 0.783. The maximum absolute atomic E-state index is 12.3. The monoisotopic (exact) mass is 346 g/mol. The van der Waals surface area contributed by atoms with E-state index >= 15 is 0 Å². The van der Waals surface area contributed by atoms with E-state index in [9.17, 15) is 13.2 Å². The Balaban J connectivity index is 1.61. The summed E-state index contributed by atoms with van der Waals surface area (Å²) in [5.41, 5.74) is 1.55. The number of ether oxygens (including phenoxy) is 1. The zero-order valence-electron chi connectivity index (χ0n) is 13.0. The molecule has 7 heteroatoms. The van der Waals surface area contributed by atoms with Crippen LogP contribution >= 0.6 is 0 Å². The van der Waals surface area contributed by atoms with Crippen LogP contribution in [0.5, 0.6) is 5.75 Å². The number of anilines is 1. The number of sulfonamides is 1. The molecule has 0 spiro atoms. The van der Waals surface area contributed by atoms with Crippen molar-refractivity contribution in [3.05, 3.63) is 54.1 Å². The molecule has 3 rings (SSSR count). The molecule has 6 nitrogen and oxygen atoms in total. The molecule has 1 amide bonds. The molecule has 2 N–H and O–H groups in total. The number of rotatable bonds is 6. The summed E-state index contributed by atoms with van der Waals surface area (Å²) in [5, 5.41) is 2.60. The van der Waals surface area contributed by atoms with E-state index < -0.39 is 10.0 Å². The van der Waals surface area contributed by atoms with E-state index in [1.54, 1.807) is 6.07 Å². The van der Waals surface area contributed by atoms with Crippen molar-refractivity contribution in [2.75, 3.05) is 18.5 Å². The molecule has 2 aromatic rings. The summed E-state index contributed by atoms with van der Waals surface area (Å²) in [5.74, 6) is 0.172. The van der Waals surface area contributed by atoms with Gasteiger partial charge in [-0.05, 0) is 36.6 Å². The average Bonchev–Trinajstić information content (AvgIpc) is 2.59. The van der Waals surface area contributed by atoms with Crippen LogP contribution < -0.4 is 14.8 Å². The summed E-state index contributed by atoms with van der Waals surface area (Å²) in [7, 11) is -3.62. The molecule has 0 aromatic heterocycles. The third-order valence-electron chi connectivity index (χ3n) is 3.67. The first-order chi connectivity index (χ1) is 11.5. The predicted molar refractivity (Wildman–Crippen MR) is 90.5 cm³/mol. The highest BCUT2D eigenvalue weighted by Crippen LogP contribution is 2.29. The van der Waals surface area contributed by atoms with Gasteiger partial charge in [-0.15, -0.1) is 0 Å². The first-order valence-electron chi connectivity index (χ1n) is 7.65. The van der Waals surface area contributed by atoms with Gasteiger partial charge in [-0.1, -0.05) is 30.3 Å². The number of benzene rings is 2. The van der Waals surface area contributed by atoms with E-state index in [0.717, 1.165) is 6.42 Å². The van der Waals surface area contributed by atoms with Crippen molar-refractivity contribution in [1.82, 2.24) is 4.72 Å². The number of carbonyl (C=O) groups excluding carboxylic acids is 1. The Labute approximate surface area is 140 Å². The number of amides is 1. The summed E-state index contributed by atoms with van der Waals surface area (Å²) in [4.78, 5) is 11.4. The molecule has 0 bridgehead atoms. The van der Waals surface area contributed by atoms with Crippen LogP contribution in [0.2, 0.25) is 0 Å². The van der Waals surface area contributed by atoms with Crippen molar-refractivity contribution in [3.8, 4) is 5.75 Å². The number of fused-ring (bicyclic) bond motifs is 1. The summed E-state index contributed by atoms with van der Waals surface area (Å²) < 4.78 is 32.5. The first kappa shape index (κ1) is 16.5. The molecule has 0 atom stereocenters. The maximum Gasteiger partial charge on any atom is 0.262 e. The molecule has 1 heterocycles. The van der Waals surface area contributed by atoms with Crippen molar-refractivity contribution in [1.29, 1.82) is 0 Å². The van der Waals surface area contributed by atoms with E-state index in [1.807, 2.05) is 30.3 Å². The molecule has 1 aliphatic rings. The first-order valence-corrected chi connectivity index (χ1v) is 9.13. The Kier molecular flexibility index (Phi) is 4.82. The van der Waals surface area contributed by atoms with Gasteiger partial charge in [0, 0.05) is 6.54 Å². The minimum absolute atomic E-state index is 0.0587. The van der Waals surface area contributed by atoms with E-state index in [0.29, 0.717) is 24.4 Å². The molecule has 126 valence electrons. The van der Waals surface area contributed by atoms with Crippen LogP contribution in [0, 0.1) is 0 Å². The summed E-state index contributed by atoms with van der Waals surface area (Å²) in [6.07, 6.45) is 1.51. The second-order valence-electron chi connectivity index (χ2n) is 5.48. The molecule has 0 radical (unpaired) electrons. The molecule has 0 unspecified atom stereocenters. The highest BCUT2D eigenvalue weighted by atomic mass is 32.2. The standard InChI is InChI=1S/C17H18N2O4S/c20-17-12-23-16-9-8-14(11-15(16)19-17)24(21,22)18-10-4-7-13-5-2-1-3-6-13/h1-3,5-6,8-9,11,18H,4,7,10,12H2,(H,19,20). The smallest absolute Gasteiger partial charge is 0.262 e. The van der Waals surface area contributed by atoms with Gasteiger partial charge in [-0.3, -0.25) is 4.79 Å². The fourth-order valence-electron chi connectivity index (χ4n) is 2.46. The lowest BCUT2D eigenvalue weighted by molar-refractivity contribution is -0.118. The molecule has 0 saturated heterocycles. The van der Waals surface area contributed by atoms with Gasteiger partial charge >= 0.3 is 0 Å². The highest BCUT2D eigenvalue weighted by Gasteiger charge is 2.20. The Hall–Kier alpha value is -2.38. The molecular formula is C17H18N2O4S. The van der Waals surface area contributed by atoms with Crippen LogP contribution in [0.1, 0.15) is 12.0 Å². The normalized spacial score (nSPS) is 13.8. The summed E-state index contributed by atoms with van der Waals surface area (Å²) >= 11 is 0. The van der Waals surface area contributed by atoms with Crippen LogP contribution in [0.15, 0.2) is 53.4 Å². The highest BCUT2D eigenvalue weighted by molar-refractivity contribution is 7.89. The van der Waals surface area contributed by atoms with Gasteiger partial charge in [0.25, 0.3) is 5.91 Å². The van der Waals surface area contributed by atoms with Gasteiger partial charge < -0.3 is 10.1 Å². The van der Waals surface area contributed by atoms with Crippen molar-refractivity contribution in [3.63, 3.8) is 0 Å². The Morgan fingerprint density at radius 1 is 1.12 bits per heavy atom. The van der Waals surface area contributed by atoms with Gasteiger partial charge in [-0.25, -0.2) is 13.1 Å². The zero-order chi connectivity index (χ0) is 17.0. The lowest BCUT2D eigenvalue weighted by atomic mass is 10.1. The van der Waals surface area contributed by atoms with Crippen LogP contribution in [0.25, 0.3) is 0 Å². The van der Waals surface area contributed by atoms with Crippen LogP contribution in [-0.4, -0.2) is 27.5 Å². The van der Waals surface area contributed by atoms with E-state index in [1.165, 1.54) is 17.7 Å². The Bertz CT molecular complexity index is 835. The zero-order valence-corrected chi connectivity index (χ0v) is 13.8. The van der Waals surface area contributed by atoms with Crippen LogP contribution in [0.4, 0.5) is 5.69 Å². The van der Waals surface area contributed by atoms with E-state index in [-0.39, 0.29) is 17.4 Å². The predicted octanol–water partition coefficient (Wildman–Crippen LogP) is 1.93. The van der Waals surface area contributed by atoms with Crippen molar-refractivity contribution in [2.45, 2.75) is 17.7 Å². The fraction of sp³-hybridized carbons (Fsp3) is 0.235. The molecular weight excluding hydrogens is 328 g/mol. The molecule has 1 aliphatic heterocycles. The molecule has 0 aliphatic carbocycles. The summed E-state index contributed by atoms with van der Waals surface area (Å²) in [6.45, 7) is 0.286. The minimum atomic E-state index is -3.62. The number of carbonyl (C=O) groups is 1. The fourth-order valence-corrected chi connectivity index (χ4v) is 3.56. The van der Waals surface area contributed by atoms with Gasteiger partial charge in [0.1, 0.15) is 5.75 Å². The van der Waals surface area contributed by atoms with Crippen LogP contribution in [0.3, 0.4) is 0 Å². The average molecular weight is 346 g/mol. The SMILES string of the molecule is O=C1COc2ccc(S(=O)(=O)NCCCc3ccccc3)cc2N1. The number of hydrogen-bond acceptors (Lipinski definition) is 4. The van der Waals surface area contributed by atoms with Gasteiger partial charge in [0.15, 0.2) is 6.61 Å². The van der Waals surface area contributed by atoms with Gasteiger partial charge in [0.05, 0.1) is 10.6 Å². The molecule has 0 saturated carbocycles. The molecule has 24 heavy (non-hydrogen) atoms. The minimum Gasteiger partial charge on any atom is -0.482 e. The number of nitrogens with one attached hydrogen (secondary N) is 2. The lowest BCUT2D eigenvalue weighted by Crippen LogP contribution is -2.27. The third-order valence-corrected chi connectivity index (χ3v) is 5.13. The number of hydrogen-bond donors (Lipinski definition) is 2. The van der Waals surface area contributed by atoms with Crippen molar-refractivity contribution in [2.24, 2.45) is 0 Å². The van der Waals surface area contributed by atoms with Gasteiger partial charge in [-0.2, -0.15) is 0 Å². The maximum atomic E-state index is 12.3. The Morgan fingerprint density at radius 3 is 2.71 bits per heavy atom. The third kappa shape index (κ3) is 3.93. The van der Waals surface area contributed by atoms with Crippen molar-refractivity contribution < 1.29 is 17.9 Å². The van der Waals surface area contributed by atoms with Crippen LogP contribution in [-0.2, 0) is 21.2 Å². The Morgan fingerprint density at radius 2 is 1.92 bits per heavy atom. The second-order valence-corrected chi connectivity index (χ2v) is 7.25. The number of aryl methyl sites for hydroxylation is 1. The van der Waals surface area contributed by atoms with E-state index in [4.69, 9.17) is 4.74 Å². The topological polar surface area (TPSA) is 84.5 Å². The van der Waals surface area contributed by atoms with Crippen molar-refractivity contribution >= 4 is 21.6 Å². The van der Waals surface area contributed by atoms with E-state index in [2.05, 4.69) is 10.0 Å². The largest absolute Gasteiger partial charge is 0.482 e. The summed E-state index contributed by atoms with van der Waals surface area (Å²) in [6, 6.07) is 14.3. The second kappa shape index (κ2) is 7.02.